The SMILES string of the molecule is CNC(C)C(F)(F)c1ccc(OC)cc1. The summed E-state index contributed by atoms with van der Waals surface area (Å²) < 4.78 is 32.3. The van der Waals surface area contributed by atoms with Gasteiger partial charge in [0.25, 0.3) is 5.92 Å². The Hall–Kier alpha value is -1.16. The zero-order valence-corrected chi connectivity index (χ0v) is 9.05. The lowest BCUT2D eigenvalue weighted by atomic mass is 10.0. The minimum Gasteiger partial charge on any atom is -0.497 e. The lowest BCUT2D eigenvalue weighted by Gasteiger charge is -2.23. The first kappa shape index (κ1) is 11.9. The van der Waals surface area contributed by atoms with Crippen molar-refractivity contribution in [2.75, 3.05) is 14.2 Å². The number of halogens is 2. The van der Waals surface area contributed by atoms with Gasteiger partial charge < -0.3 is 10.1 Å². The Morgan fingerprint density at radius 3 is 2.20 bits per heavy atom. The Morgan fingerprint density at radius 1 is 1.27 bits per heavy atom. The van der Waals surface area contributed by atoms with Crippen LogP contribution in [0.2, 0.25) is 0 Å². The maximum atomic E-state index is 13.7. The molecule has 0 heterocycles. The predicted molar refractivity (Wildman–Crippen MR) is 55.4 cm³/mol. The van der Waals surface area contributed by atoms with Crippen LogP contribution in [0.1, 0.15) is 12.5 Å². The Morgan fingerprint density at radius 2 is 1.80 bits per heavy atom. The van der Waals surface area contributed by atoms with Gasteiger partial charge in [-0.1, -0.05) is 0 Å². The van der Waals surface area contributed by atoms with Crippen LogP contribution in [0.5, 0.6) is 5.75 Å². The van der Waals surface area contributed by atoms with Crippen LogP contribution in [0, 0.1) is 0 Å². The van der Waals surface area contributed by atoms with Crippen molar-refractivity contribution in [3.05, 3.63) is 29.8 Å². The highest BCUT2D eigenvalue weighted by Gasteiger charge is 2.37. The van der Waals surface area contributed by atoms with Crippen LogP contribution in [0.25, 0.3) is 0 Å². The number of ether oxygens (including phenoxy) is 1. The molecule has 1 rings (SSSR count). The van der Waals surface area contributed by atoms with Crippen LogP contribution in [0.15, 0.2) is 24.3 Å². The zero-order valence-electron chi connectivity index (χ0n) is 9.05. The fourth-order valence-electron chi connectivity index (χ4n) is 1.24. The van der Waals surface area contributed by atoms with E-state index < -0.39 is 12.0 Å². The maximum absolute atomic E-state index is 13.7. The smallest absolute Gasteiger partial charge is 0.287 e. The lowest BCUT2D eigenvalue weighted by molar-refractivity contribution is -0.0354. The highest BCUT2D eigenvalue weighted by atomic mass is 19.3. The van der Waals surface area contributed by atoms with Crippen LogP contribution < -0.4 is 10.1 Å². The summed E-state index contributed by atoms with van der Waals surface area (Å²) in [5.41, 5.74) is -0.00912. The third kappa shape index (κ3) is 2.45. The van der Waals surface area contributed by atoms with Crippen LogP contribution in [-0.2, 0) is 5.92 Å². The third-order valence-corrected chi connectivity index (χ3v) is 2.45. The molecule has 0 fully saturated rings. The minimum absolute atomic E-state index is 0.00912. The summed E-state index contributed by atoms with van der Waals surface area (Å²) >= 11 is 0. The Bertz CT molecular complexity index is 311. The zero-order chi connectivity index (χ0) is 11.5. The highest BCUT2D eigenvalue weighted by molar-refractivity contribution is 5.30. The topological polar surface area (TPSA) is 21.3 Å². The molecule has 0 spiro atoms. The summed E-state index contributed by atoms with van der Waals surface area (Å²) in [6.45, 7) is 1.45. The van der Waals surface area contributed by atoms with Gasteiger partial charge in [0.2, 0.25) is 0 Å². The van der Waals surface area contributed by atoms with Gasteiger partial charge in [0, 0.05) is 5.56 Å². The molecule has 1 N–H and O–H groups in total. The molecule has 15 heavy (non-hydrogen) atoms. The molecule has 1 atom stereocenters. The van der Waals surface area contributed by atoms with Crippen LogP contribution >= 0.6 is 0 Å². The number of methoxy groups -OCH3 is 1. The lowest BCUT2D eigenvalue weighted by Crippen LogP contribution is -2.38. The fraction of sp³-hybridized carbons (Fsp3) is 0.455. The first-order chi connectivity index (χ1) is 7.02. The molecular weight excluding hydrogens is 200 g/mol. The molecule has 0 aliphatic heterocycles. The average molecular weight is 215 g/mol. The first-order valence-electron chi connectivity index (χ1n) is 4.72. The third-order valence-electron chi connectivity index (χ3n) is 2.45. The van der Waals surface area contributed by atoms with Crippen LogP contribution in [0.3, 0.4) is 0 Å². The van der Waals surface area contributed by atoms with Gasteiger partial charge in [0.15, 0.2) is 0 Å². The highest BCUT2D eigenvalue weighted by Crippen LogP contribution is 2.32. The summed E-state index contributed by atoms with van der Waals surface area (Å²) in [5, 5.41) is 2.55. The molecule has 1 aromatic rings. The van der Waals surface area contributed by atoms with E-state index in [9.17, 15) is 8.78 Å². The van der Waals surface area contributed by atoms with Crippen molar-refractivity contribution < 1.29 is 13.5 Å². The number of benzene rings is 1. The van der Waals surface area contributed by atoms with Crippen LogP contribution in [-0.4, -0.2) is 20.2 Å². The second-order valence-corrected chi connectivity index (χ2v) is 3.36. The summed E-state index contributed by atoms with van der Waals surface area (Å²) in [6, 6.07) is 4.93. The van der Waals surface area contributed by atoms with E-state index in [1.165, 1.54) is 45.3 Å². The van der Waals surface area contributed by atoms with Crippen molar-refractivity contribution in [1.82, 2.24) is 5.32 Å². The molecule has 1 unspecified atom stereocenters. The molecule has 0 aromatic heterocycles. The molecule has 84 valence electrons. The summed E-state index contributed by atoms with van der Waals surface area (Å²) in [6.07, 6.45) is 0. The molecule has 0 amide bonds. The molecule has 0 radical (unpaired) electrons. The van der Waals surface area contributed by atoms with E-state index in [1.807, 2.05) is 0 Å². The van der Waals surface area contributed by atoms with E-state index in [4.69, 9.17) is 4.74 Å². The van der Waals surface area contributed by atoms with Gasteiger partial charge in [-0.15, -0.1) is 0 Å². The largest absolute Gasteiger partial charge is 0.497 e. The second kappa shape index (κ2) is 4.57. The van der Waals surface area contributed by atoms with E-state index in [1.54, 1.807) is 0 Å². The summed E-state index contributed by atoms with van der Waals surface area (Å²) in [5.74, 6) is -2.30. The maximum Gasteiger partial charge on any atom is 0.287 e. The van der Waals surface area contributed by atoms with Crippen molar-refractivity contribution >= 4 is 0 Å². The van der Waals surface area contributed by atoms with E-state index in [2.05, 4.69) is 5.32 Å². The molecule has 0 saturated heterocycles. The minimum atomic E-state index is -2.87. The van der Waals surface area contributed by atoms with Gasteiger partial charge in [-0.3, -0.25) is 0 Å². The Balaban J connectivity index is 2.94. The first-order valence-corrected chi connectivity index (χ1v) is 4.72. The second-order valence-electron chi connectivity index (χ2n) is 3.36. The van der Waals surface area contributed by atoms with Crippen molar-refractivity contribution in [1.29, 1.82) is 0 Å². The van der Waals surface area contributed by atoms with Crippen LogP contribution in [0.4, 0.5) is 8.78 Å². The fourth-order valence-corrected chi connectivity index (χ4v) is 1.24. The molecule has 0 bridgehead atoms. The predicted octanol–water partition coefficient (Wildman–Crippen LogP) is 2.39. The van der Waals surface area contributed by atoms with Gasteiger partial charge in [-0.25, -0.2) is 0 Å². The molecule has 4 heteroatoms. The Kier molecular flexibility index (Phi) is 3.63. The molecule has 0 aliphatic rings. The number of hydrogen-bond donors (Lipinski definition) is 1. The van der Waals surface area contributed by atoms with Gasteiger partial charge in [-0.05, 0) is 38.2 Å². The number of hydrogen-bond acceptors (Lipinski definition) is 2. The molecular formula is C11H15F2NO. The van der Waals surface area contributed by atoms with Crippen molar-refractivity contribution in [3.63, 3.8) is 0 Å². The normalized spacial score (nSPS) is 13.7. The van der Waals surface area contributed by atoms with Crippen molar-refractivity contribution in [3.8, 4) is 5.75 Å². The van der Waals surface area contributed by atoms with Gasteiger partial charge in [-0.2, -0.15) is 8.78 Å². The number of alkyl halides is 2. The van der Waals surface area contributed by atoms with Gasteiger partial charge in [0.05, 0.1) is 13.2 Å². The average Bonchev–Trinajstić information content (AvgIpc) is 2.28. The van der Waals surface area contributed by atoms with Crippen molar-refractivity contribution in [2.45, 2.75) is 18.9 Å². The quantitative estimate of drug-likeness (QED) is 0.832. The van der Waals surface area contributed by atoms with E-state index in [0.29, 0.717) is 5.75 Å². The summed E-state index contributed by atoms with van der Waals surface area (Å²) in [4.78, 5) is 0. The number of nitrogens with one attached hydrogen (secondary N) is 1. The summed E-state index contributed by atoms with van der Waals surface area (Å²) in [7, 11) is 3.02. The molecule has 0 aliphatic carbocycles. The van der Waals surface area contributed by atoms with Gasteiger partial charge in [0.1, 0.15) is 5.75 Å². The number of rotatable bonds is 4. The van der Waals surface area contributed by atoms with E-state index in [0.717, 1.165) is 0 Å². The molecule has 2 nitrogen and oxygen atoms in total. The monoisotopic (exact) mass is 215 g/mol. The Labute approximate surface area is 88.3 Å². The number of likely N-dealkylation sites (N-methyl/N-ethyl adjacent to an activating group) is 1. The molecule has 1 aromatic carbocycles. The van der Waals surface area contributed by atoms with E-state index in [-0.39, 0.29) is 5.56 Å². The molecule has 0 saturated carbocycles. The van der Waals surface area contributed by atoms with Gasteiger partial charge >= 0.3 is 0 Å². The van der Waals surface area contributed by atoms with Crippen molar-refractivity contribution in [2.24, 2.45) is 0 Å². The van der Waals surface area contributed by atoms with E-state index >= 15 is 0 Å². The standard InChI is InChI=1S/C11H15F2NO/c1-8(14-2)11(12,13)9-4-6-10(15-3)7-5-9/h4-8,14H,1-3H3.